The molecule has 0 spiro atoms. The molecule has 1 rings (SSSR count). The van der Waals surface area contributed by atoms with Crippen LogP contribution in [0.5, 0.6) is 0 Å². The fourth-order valence-electron chi connectivity index (χ4n) is 1.54. The Hall–Kier alpha value is -1.35. The van der Waals surface area contributed by atoms with E-state index in [4.69, 9.17) is 0 Å². The van der Waals surface area contributed by atoms with Crippen LogP contribution in [0.15, 0.2) is 30.5 Å². The Morgan fingerprint density at radius 1 is 1.56 bits per heavy atom. The summed E-state index contributed by atoms with van der Waals surface area (Å²) in [7, 11) is 0. The van der Waals surface area contributed by atoms with E-state index in [1.54, 1.807) is 13.1 Å². The van der Waals surface area contributed by atoms with Gasteiger partial charge >= 0.3 is 0 Å². The number of nitrogens with zero attached hydrogens (tertiary/aromatic N) is 2. The first-order valence-electron chi connectivity index (χ1n) is 5.58. The molecule has 0 aliphatic carbocycles. The monoisotopic (exact) mass is 220 g/mol. The number of hydrogen-bond acceptors (Lipinski definition) is 3. The van der Waals surface area contributed by atoms with Gasteiger partial charge in [0.15, 0.2) is 0 Å². The summed E-state index contributed by atoms with van der Waals surface area (Å²) in [5.74, 6) is 0. The van der Waals surface area contributed by atoms with Crippen LogP contribution in [-0.2, 0) is 0 Å². The van der Waals surface area contributed by atoms with Crippen LogP contribution in [0.4, 0.5) is 5.69 Å². The minimum absolute atomic E-state index is 0.509. The molecule has 0 saturated carbocycles. The molecule has 0 aromatic carbocycles. The lowest BCUT2D eigenvalue weighted by Gasteiger charge is -2.23. The number of likely N-dealkylation sites (N-methyl/N-ethyl adjacent to an activating group) is 1. The van der Waals surface area contributed by atoms with E-state index < -0.39 is 6.10 Å². The summed E-state index contributed by atoms with van der Waals surface area (Å²) in [4.78, 5) is 6.43. The van der Waals surface area contributed by atoms with Crippen LogP contribution in [0, 0.1) is 0 Å². The van der Waals surface area contributed by atoms with Gasteiger partial charge in [0.1, 0.15) is 0 Å². The normalized spacial score (nSPS) is 12.2. The van der Waals surface area contributed by atoms with E-state index in [1.165, 1.54) is 0 Å². The highest BCUT2D eigenvalue weighted by atomic mass is 16.3. The SMILES string of the molecule is C=C(C)CN(CC)c1ccc([C@@H](C)O)nc1. The van der Waals surface area contributed by atoms with Crippen molar-refractivity contribution in [3.8, 4) is 0 Å². The first-order chi connectivity index (χ1) is 7.54. The van der Waals surface area contributed by atoms with Crippen LogP contribution in [0.3, 0.4) is 0 Å². The van der Waals surface area contributed by atoms with Crippen molar-refractivity contribution in [1.29, 1.82) is 0 Å². The van der Waals surface area contributed by atoms with Gasteiger partial charge in [0.25, 0.3) is 0 Å². The van der Waals surface area contributed by atoms with E-state index >= 15 is 0 Å². The highest BCUT2D eigenvalue weighted by Gasteiger charge is 2.06. The third-order valence-electron chi connectivity index (χ3n) is 2.41. The van der Waals surface area contributed by atoms with Crippen molar-refractivity contribution in [2.75, 3.05) is 18.0 Å². The van der Waals surface area contributed by atoms with Gasteiger partial charge in [0.05, 0.1) is 23.7 Å². The molecule has 0 saturated heterocycles. The topological polar surface area (TPSA) is 36.4 Å². The average Bonchev–Trinajstić information content (AvgIpc) is 2.25. The Bertz CT molecular complexity index is 343. The Morgan fingerprint density at radius 2 is 2.25 bits per heavy atom. The number of rotatable bonds is 5. The molecule has 3 heteroatoms. The van der Waals surface area contributed by atoms with Crippen molar-refractivity contribution in [3.63, 3.8) is 0 Å². The summed E-state index contributed by atoms with van der Waals surface area (Å²) in [6.07, 6.45) is 1.29. The van der Waals surface area contributed by atoms with Gasteiger partial charge in [-0.3, -0.25) is 4.98 Å². The smallest absolute Gasteiger partial charge is 0.0931 e. The molecule has 3 nitrogen and oxygen atoms in total. The largest absolute Gasteiger partial charge is 0.387 e. The third kappa shape index (κ3) is 3.35. The van der Waals surface area contributed by atoms with Crippen molar-refractivity contribution >= 4 is 5.69 Å². The van der Waals surface area contributed by atoms with Gasteiger partial charge in [0, 0.05) is 13.1 Å². The van der Waals surface area contributed by atoms with Crippen molar-refractivity contribution in [2.45, 2.75) is 26.9 Å². The van der Waals surface area contributed by atoms with Gasteiger partial charge < -0.3 is 10.0 Å². The van der Waals surface area contributed by atoms with E-state index in [2.05, 4.69) is 23.4 Å². The Kier molecular flexibility index (Phi) is 4.50. The molecule has 16 heavy (non-hydrogen) atoms. The first kappa shape index (κ1) is 12.7. The molecule has 0 unspecified atom stereocenters. The maximum absolute atomic E-state index is 9.37. The Balaban J connectivity index is 2.82. The van der Waals surface area contributed by atoms with Gasteiger partial charge in [0.2, 0.25) is 0 Å². The molecule has 0 radical (unpaired) electrons. The standard InChI is InChI=1S/C13H20N2O/c1-5-15(9-10(2)3)12-6-7-13(11(4)16)14-8-12/h6-8,11,16H,2,5,9H2,1,3-4H3/t11-/m1/s1. The van der Waals surface area contributed by atoms with E-state index in [9.17, 15) is 5.11 Å². The second-order valence-corrected chi connectivity index (χ2v) is 4.09. The lowest BCUT2D eigenvalue weighted by atomic mass is 10.2. The number of hydrogen-bond donors (Lipinski definition) is 1. The zero-order chi connectivity index (χ0) is 12.1. The van der Waals surface area contributed by atoms with Crippen LogP contribution in [0.1, 0.15) is 32.6 Å². The summed E-state index contributed by atoms with van der Waals surface area (Å²) in [6.45, 7) is 11.5. The fraction of sp³-hybridized carbons (Fsp3) is 0.462. The number of pyridine rings is 1. The lowest BCUT2D eigenvalue weighted by molar-refractivity contribution is 0.194. The second kappa shape index (κ2) is 5.66. The van der Waals surface area contributed by atoms with Crippen LogP contribution >= 0.6 is 0 Å². The molecule has 0 amide bonds. The molecular formula is C13H20N2O. The van der Waals surface area contributed by atoms with Gasteiger partial charge in [-0.15, -0.1) is 0 Å². The summed E-state index contributed by atoms with van der Waals surface area (Å²) in [5, 5.41) is 9.37. The molecular weight excluding hydrogens is 200 g/mol. The molecule has 0 bridgehead atoms. The summed E-state index contributed by atoms with van der Waals surface area (Å²) in [5.41, 5.74) is 2.89. The molecule has 0 aliphatic rings. The van der Waals surface area contributed by atoms with Gasteiger partial charge in [-0.1, -0.05) is 12.2 Å². The van der Waals surface area contributed by atoms with E-state index in [1.807, 2.05) is 19.1 Å². The molecule has 0 fully saturated rings. The van der Waals surface area contributed by atoms with Crippen LogP contribution in [-0.4, -0.2) is 23.2 Å². The van der Waals surface area contributed by atoms with Crippen molar-refractivity contribution in [3.05, 3.63) is 36.2 Å². The summed E-state index contributed by atoms with van der Waals surface area (Å²) < 4.78 is 0. The maximum atomic E-state index is 9.37. The number of aromatic nitrogens is 1. The number of aliphatic hydroxyl groups is 1. The van der Waals surface area contributed by atoms with Crippen LogP contribution in [0.25, 0.3) is 0 Å². The van der Waals surface area contributed by atoms with Crippen molar-refractivity contribution in [2.24, 2.45) is 0 Å². The highest BCUT2D eigenvalue weighted by molar-refractivity contribution is 5.45. The molecule has 1 heterocycles. The highest BCUT2D eigenvalue weighted by Crippen LogP contribution is 2.16. The maximum Gasteiger partial charge on any atom is 0.0931 e. The quantitative estimate of drug-likeness (QED) is 0.775. The van der Waals surface area contributed by atoms with E-state index in [0.717, 1.165) is 24.4 Å². The fourth-order valence-corrected chi connectivity index (χ4v) is 1.54. The molecule has 1 N–H and O–H groups in total. The zero-order valence-electron chi connectivity index (χ0n) is 10.3. The predicted molar refractivity (Wildman–Crippen MR) is 67.6 cm³/mol. The van der Waals surface area contributed by atoms with Gasteiger partial charge in [-0.25, -0.2) is 0 Å². The van der Waals surface area contributed by atoms with E-state index in [-0.39, 0.29) is 0 Å². The van der Waals surface area contributed by atoms with Gasteiger partial charge in [-0.05, 0) is 32.9 Å². The third-order valence-corrected chi connectivity index (χ3v) is 2.41. The summed E-state index contributed by atoms with van der Waals surface area (Å²) in [6, 6.07) is 3.85. The first-order valence-corrected chi connectivity index (χ1v) is 5.58. The summed E-state index contributed by atoms with van der Waals surface area (Å²) >= 11 is 0. The van der Waals surface area contributed by atoms with Crippen molar-refractivity contribution in [1.82, 2.24) is 4.98 Å². The molecule has 88 valence electrons. The average molecular weight is 220 g/mol. The van der Waals surface area contributed by atoms with Crippen LogP contribution in [0.2, 0.25) is 0 Å². The van der Waals surface area contributed by atoms with Crippen molar-refractivity contribution < 1.29 is 5.11 Å². The number of anilines is 1. The molecule has 1 aromatic rings. The minimum Gasteiger partial charge on any atom is -0.387 e. The number of aliphatic hydroxyl groups excluding tert-OH is 1. The molecule has 1 aromatic heterocycles. The van der Waals surface area contributed by atoms with E-state index in [0.29, 0.717) is 5.69 Å². The Labute approximate surface area is 97.4 Å². The predicted octanol–water partition coefficient (Wildman–Crippen LogP) is 2.54. The molecule has 1 atom stereocenters. The Morgan fingerprint density at radius 3 is 2.62 bits per heavy atom. The second-order valence-electron chi connectivity index (χ2n) is 4.09. The molecule has 0 aliphatic heterocycles. The lowest BCUT2D eigenvalue weighted by Crippen LogP contribution is -2.24. The minimum atomic E-state index is -0.509. The zero-order valence-corrected chi connectivity index (χ0v) is 10.3. The van der Waals surface area contributed by atoms with Crippen LogP contribution < -0.4 is 4.90 Å². The van der Waals surface area contributed by atoms with Gasteiger partial charge in [-0.2, -0.15) is 0 Å².